The van der Waals surface area contributed by atoms with Gasteiger partial charge in [-0.25, -0.2) is 4.68 Å². The van der Waals surface area contributed by atoms with Crippen molar-refractivity contribution >= 4 is 0 Å². The summed E-state index contributed by atoms with van der Waals surface area (Å²) in [7, 11) is 0. The molecular formula is C16H21N3O2. The van der Waals surface area contributed by atoms with Crippen LogP contribution in [-0.4, -0.2) is 22.9 Å². The first-order chi connectivity index (χ1) is 10.3. The number of aromatic nitrogens is 2. The van der Waals surface area contributed by atoms with Crippen LogP contribution >= 0.6 is 0 Å². The van der Waals surface area contributed by atoms with E-state index in [0.29, 0.717) is 13.2 Å². The molecule has 1 heterocycles. The van der Waals surface area contributed by atoms with Crippen molar-refractivity contribution in [3.63, 3.8) is 0 Å². The van der Waals surface area contributed by atoms with E-state index in [9.17, 15) is 4.79 Å². The molecule has 1 atom stereocenters. The van der Waals surface area contributed by atoms with Crippen molar-refractivity contribution in [1.82, 2.24) is 15.1 Å². The van der Waals surface area contributed by atoms with E-state index in [-0.39, 0.29) is 11.6 Å². The summed E-state index contributed by atoms with van der Waals surface area (Å²) in [6.07, 6.45) is 1.62. The number of rotatable bonds is 7. The van der Waals surface area contributed by atoms with Crippen molar-refractivity contribution in [2.45, 2.75) is 26.4 Å². The van der Waals surface area contributed by atoms with E-state index in [1.165, 1.54) is 10.7 Å². The zero-order valence-corrected chi connectivity index (χ0v) is 12.5. The van der Waals surface area contributed by atoms with E-state index in [1.54, 1.807) is 12.3 Å². The average Bonchev–Trinajstić information content (AvgIpc) is 2.50. The number of hydrogen-bond donors (Lipinski definition) is 1. The van der Waals surface area contributed by atoms with Crippen LogP contribution < -0.4 is 15.6 Å². The molecule has 0 radical (unpaired) electrons. The summed E-state index contributed by atoms with van der Waals surface area (Å²) >= 11 is 0. The number of hydrogen-bond acceptors (Lipinski definition) is 4. The lowest BCUT2D eigenvalue weighted by molar-refractivity contribution is 0.326. The zero-order valence-electron chi connectivity index (χ0n) is 12.5. The third-order valence-corrected chi connectivity index (χ3v) is 3.19. The highest BCUT2D eigenvalue weighted by molar-refractivity contribution is 5.36. The van der Waals surface area contributed by atoms with E-state index in [1.807, 2.05) is 38.1 Å². The Bertz CT molecular complexity index is 625. The molecule has 0 aliphatic heterocycles. The normalized spacial score (nSPS) is 12.1. The Morgan fingerprint density at radius 3 is 2.76 bits per heavy atom. The second kappa shape index (κ2) is 7.59. The van der Waals surface area contributed by atoms with E-state index >= 15 is 0 Å². The van der Waals surface area contributed by atoms with E-state index in [4.69, 9.17) is 4.74 Å². The maximum Gasteiger partial charge on any atom is 0.266 e. The van der Waals surface area contributed by atoms with Crippen LogP contribution in [0.3, 0.4) is 0 Å². The van der Waals surface area contributed by atoms with Gasteiger partial charge in [0.05, 0.1) is 19.2 Å². The number of ether oxygens (including phenoxy) is 1. The molecule has 0 fully saturated rings. The third-order valence-electron chi connectivity index (χ3n) is 3.19. The molecule has 0 bridgehead atoms. The molecule has 5 nitrogen and oxygen atoms in total. The molecule has 0 saturated heterocycles. The van der Waals surface area contributed by atoms with Gasteiger partial charge in [-0.2, -0.15) is 5.10 Å². The van der Waals surface area contributed by atoms with Crippen LogP contribution in [0.1, 0.15) is 25.5 Å². The van der Waals surface area contributed by atoms with Gasteiger partial charge in [-0.05, 0) is 25.6 Å². The fraction of sp³-hybridized carbons (Fsp3) is 0.375. The van der Waals surface area contributed by atoms with Gasteiger partial charge in [0.15, 0.2) is 0 Å². The van der Waals surface area contributed by atoms with Crippen LogP contribution in [0.2, 0.25) is 0 Å². The summed E-state index contributed by atoms with van der Waals surface area (Å²) in [6, 6.07) is 11.0. The van der Waals surface area contributed by atoms with Gasteiger partial charge in [0.25, 0.3) is 5.56 Å². The van der Waals surface area contributed by atoms with Gasteiger partial charge in [-0.3, -0.25) is 4.79 Å². The fourth-order valence-electron chi connectivity index (χ4n) is 2.27. The molecule has 0 aliphatic rings. The van der Waals surface area contributed by atoms with Crippen LogP contribution in [0.5, 0.6) is 5.75 Å². The molecule has 2 rings (SSSR count). The van der Waals surface area contributed by atoms with Gasteiger partial charge < -0.3 is 10.1 Å². The first kappa shape index (κ1) is 15.3. The van der Waals surface area contributed by atoms with Gasteiger partial charge in [0.1, 0.15) is 5.75 Å². The summed E-state index contributed by atoms with van der Waals surface area (Å²) in [5.74, 6) is 0.843. The van der Waals surface area contributed by atoms with Gasteiger partial charge in [-0.1, -0.05) is 25.1 Å². The highest BCUT2D eigenvalue weighted by Crippen LogP contribution is 2.25. The van der Waals surface area contributed by atoms with Crippen LogP contribution in [-0.2, 0) is 6.54 Å². The molecular weight excluding hydrogens is 266 g/mol. The molecule has 0 aliphatic carbocycles. The third kappa shape index (κ3) is 3.92. The van der Waals surface area contributed by atoms with E-state index in [2.05, 4.69) is 10.4 Å². The summed E-state index contributed by atoms with van der Waals surface area (Å²) in [4.78, 5) is 11.8. The molecule has 0 spiro atoms. The molecule has 5 heteroatoms. The summed E-state index contributed by atoms with van der Waals surface area (Å²) < 4.78 is 7.15. The van der Waals surface area contributed by atoms with Crippen molar-refractivity contribution < 1.29 is 4.74 Å². The second-order valence-electron chi connectivity index (χ2n) is 4.63. The topological polar surface area (TPSA) is 56.2 Å². The Morgan fingerprint density at radius 2 is 2.05 bits per heavy atom. The molecule has 1 N–H and O–H groups in total. The van der Waals surface area contributed by atoms with E-state index < -0.39 is 0 Å². The minimum absolute atomic E-state index is 0.0228. The van der Waals surface area contributed by atoms with Crippen LogP contribution in [0.15, 0.2) is 47.4 Å². The van der Waals surface area contributed by atoms with Crippen molar-refractivity contribution in [3.05, 3.63) is 58.5 Å². The predicted molar refractivity (Wildman–Crippen MR) is 82.5 cm³/mol. The van der Waals surface area contributed by atoms with Crippen LogP contribution in [0.25, 0.3) is 0 Å². The monoisotopic (exact) mass is 287 g/mol. The Balaban J connectivity index is 2.31. The quantitative estimate of drug-likeness (QED) is 0.846. The van der Waals surface area contributed by atoms with Crippen molar-refractivity contribution in [2.75, 3.05) is 13.2 Å². The minimum atomic E-state index is -0.103. The Labute approximate surface area is 124 Å². The van der Waals surface area contributed by atoms with Gasteiger partial charge >= 0.3 is 0 Å². The lowest BCUT2D eigenvalue weighted by Gasteiger charge is -2.21. The Kier molecular flexibility index (Phi) is 5.51. The number of para-hydroxylation sites is 1. The van der Waals surface area contributed by atoms with Crippen molar-refractivity contribution in [1.29, 1.82) is 0 Å². The summed E-state index contributed by atoms with van der Waals surface area (Å²) in [5, 5.41) is 7.52. The Hall–Kier alpha value is -2.14. The highest BCUT2D eigenvalue weighted by atomic mass is 16.5. The Morgan fingerprint density at radius 1 is 1.24 bits per heavy atom. The first-order valence-corrected chi connectivity index (χ1v) is 7.23. The molecule has 112 valence electrons. The lowest BCUT2D eigenvalue weighted by atomic mass is 10.1. The molecule has 21 heavy (non-hydrogen) atoms. The highest BCUT2D eigenvalue weighted by Gasteiger charge is 2.16. The van der Waals surface area contributed by atoms with Crippen LogP contribution in [0, 0.1) is 0 Å². The maximum absolute atomic E-state index is 11.8. The smallest absolute Gasteiger partial charge is 0.266 e. The van der Waals surface area contributed by atoms with Gasteiger partial charge in [0.2, 0.25) is 0 Å². The molecule has 1 unspecified atom stereocenters. The SMILES string of the molecule is CCNC(Cn1ncccc1=O)c1ccccc1OCC. The van der Waals surface area contributed by atoms with E-state index in [0.717, 1.165) is 17.9 Å². The lowest BCUT2D eigenvalue weighted by Crippen LogP contribution is -2.31. The number of likely N-dealkylation sites (N-methyl/N-ethyl adjacent to an activating group) is 1. The largest absolute Gasteiger partial charge is 0.494 e. The zero-order chi connectivity index (χ0) is 15.1. The van der Waals surface area contributed by atoms with Crippen molar-refractivity contribution in [3.8, 4) is 5.75 Å². The molecule has 2 aromatic rings. The van der Waals surface area contributed by atoms with Crippen molar-refractivity contribution in [2.24, 2.45) is 0 Å². The molecule has 0 saturated carbocycles. The minimum Gasteiger partial charge on any atom is -0.494 e. The van der Waals surface area contributed by atoms with Gasteiger partial charge in [-0.15, -0.1) is 0 Å². The summed E-state index contributed by atoms with van der Waals surface area (Å²) in [5.41, 5.74) is 0.938. The number of nitrogens with one attached hydrogen (secondary N) is 1. The summed E-state index contributed by atoms with van der Waals surface area (Å²) in [6.45, 7) is 5.88. The molecule has 1 aromatic carbocycles. The second-order valence-corrected chi connectivity index (χ2v) is 4.63. The van der Waals surface area contributed by atoms with Gasteiger partial charge in [0, 0.05) is 17.8 Å². The van der Waals surface area contributed by atoms with Crippen LogP contribution in [0.4, 0.5) is 0 Å². The number of benzene rings is 1. The number of nitrogens with zero attached hydrogens (tertiary/aromatic N) is 2. The molecule has 0 amide bonds. The standard InChI is InChI=1S/C16H21N3O2/c1-3-17-14(12-19-16(20)10-7-11-18-19)13-8-5-6-9-15(13)21-4-2/h5-11,14,17H,3-4,12H2,1-2H3. The molecule has 1 aromatic heterocycles. The first-order valence-electron chi connectivity index (χ1n) is 7.23. The maximum atomic E-state index is 11.8. The average molecular weight is 287 g/mol. The fourth-order valence-corrected chi connectivity index (χ4v) is 2.27. The predicted octanol–water partition coefficient (Wildman–Crippen LogP) is 1.99.